The zero-order valence-electron chi connectivity index (χ0n) is 12.2. The molecular weight excluding hydrogens is 260 g/mol. The van der Waals surface area contributed by atoms with Gasteiger partial charge in [0.2, 0.25) is 0 Å². The zero-order chi connectivity index (χ0) is 14.8. The van der Waals surface area contributed by atoms with Crippen LogP contribution in [0.3, 0.4) is 0 Å². The summed E-state index contributed by atoms with van der Waals surface area (Å²) >= 11 is 0. The summed E-state index contributed by atoms with van der Waals surface area (Å²) < 4.78 is 32.4. The topological polar surface area (TPSA) is 35.2 Å². The van der Waals surface area contributed by atoms with E-state index in [4.69, 9.17) is 10.5 Å². The number of rotatable bonds is 4. The van der Waals surface area contributed by atoms with Gasteiger partial charge < -0.3 is 10.5 Å². The molecule has 2 nitrogen and oxygen atoms in total. The van der Waals surface area contributed by atoms with Gasteiger partial charge in [0.05, 0.1) is 11.6 Å². The van der Waals surface area contributed by atoms with E-state index in [0.717, 1.165) is 31.7 Å². The van der Waals surface area contributed by atoms with Gasteiger partial charge in [0.1, 0.15) is 0 Å². The Balaban J connectivity index is 2.26. The number of hydrogen-bond donors (Lipinski definition) is 1. The molecule has 0 spiro atoms. The lowest BCUT2D eigenvalue weighted by Crippen LogP contribution is -2.46. The lowest BCUT2D eigenvalue weighted by molar-refractivity contribution is -0.0897. The van der Waals surface area contributed by atoms with Crippen LogP contribution in [0.4, 0.5) is 8.78 Å². The second-order valence-electron chi connectivity index (χ2n) is 5.83. The first-order chi connectivity index (χ1) is 9.48. The molecule has 2 N–H and O–H groups in total. The molecule has 4 heteroatoms. The van der Waals surface area contributed by atoms with Crippen LogP contribution < -0.4 is 5.73 Å². The molecule has 0 aliphatic heterocycles. The predicted octanol–water partition coefficient (Wildman–Crippen LogP) is 3.95. The summed E-state index contributed by atoms with van der Waals surface area (Å²) in [6.07, 6.45) is 3.83. The quantitative estimate of drug-likeness (QED) is 0.908. The summed E-state index contributed by atoms with van der Waals surface area (Å²) in [7, 11) is 0. The van der Waals surface area contributed by atoms with Crippen molar-refractivity contribution in [3.05, 3.63) is 35.4 Å². The van der Waals surface area contributed by atoms with E-state index in [2.05, 4.69) is 6.92 Å². The first kappa shape index (κ1) is 15.4. The highest BCUT2D eigenvalue weighted by Gasteiger charge is 2.41. The van der Waals surface area contributed by atoms with Gasteiger partial charge in [-0.3, -0.25) is 0 Å². The maximum absolute atomic E-state index is 13.4. The largest absolute Gasteiger partial charge is 0.373 e. The Hall–Kier alpha value is -1.00. The van der Waals surface area contributed by atoms with Gasteiger partial charge >= 0.3 is 0 Å². The third-order valence-corrected chi connectivity index (χ3v) is 4.42. The Morgan fingerprint density at radius 1 is 1.30 bits per heavy atom. The number of nitrogens with two attached hydrogens (primary N) is 1. The molecule has 1 aromatic carbocycles. The Kier molecular flexibility index (Phi) is 4.76. The van der Waals surface area contributed by atoms with Crippen molar-refractivity contribution in [2.24, 2.45) is 11.7 Å². The van der Waals surface area contributed by atoms with E-state index >= 15 is 0 Å². The average Bonchev–Trinajstić information content (AvgIpc) is 2.44. The smallest absolute Gasteiger partial charge is 0.159 e. The van der Waals surface area contributed by atoms with Crippen molar-refractivity contribution in [1.29, 1.82) is 0 Å². The molecule has 20 heavy (non-hydrogen) atoms. The predicted molar refractivity (Wildman–Crippen MR) is 75.3 cm³/mol. The minimum absolute atomic E-state index is 0.426. The van der Waals surface area contributed by atoms with Crippen LogP contribution >= 0.6 is 0 Å². The second kappa shape index (κ2) is 6.19. The molecule has 1 atom stereocenters. The minimum Gasteiger partial charge on any atom is -0.373 e. The minimum atomic E-state index is -0.853. The third-order valence-electron chi connectivity index (χ3n) is 4.42. The normalized spacial score (nSPS) is 28.4. The van der Waals surface area contributed by atoms with Gasteiger partial charge in [-0.25, -0.2) is 8.78 Å². The molecule has 1 aliphatic rings. The lowest BCUT2D eigenvalue weighted by atomic mass is 9.73. The van der Waals surface area contributed by atoms with Crippen LogP contribution in [0.5, 0.6) is 0 Å². The van der Waals surface area contributed by atoms with Crippen molar-refractivity contribution in [2.75, 3.05) is 6.61 Å². The standard InChI is InChI=1S/C16H23F2NO/c1-3-20-16(8-6-11(2)7-9-16)15(19)12-4-5-13(17)14(18)10-12/h4-5,10-11,15H,3,6-9,19H2,1-2H3. The molecule has 0 aromatic heterocycles. The number of hydrogen-bond acceptors (Lipinski definition) is 2. The summed E-state index contributed by atoms with van der Waals surface area (Å²) in [4.78, 5) is 0. The second-order valence-corrected chi connectivity index (χ2v) is 5.83. The highest BCUT2D eigenvalue weighted by atomic mass is 19.2. The van der Waals surface area contributed by atoms with Gasteiger partial charge in [-0.1, -0.05) is 13.0 Å². The van der Waals surface area contributed by atoms with E-state index in [0.29, 0.717) is 18.1 Å². The van der Waals surface area contributed by atoms with Crippen molar-refractivity contribution < 1.29 is 13.5 Å². The Morgan fingerprint density at radius 3 is 2.50 bits per heavy atom. The van der Waals surface area contributed by atoms with Crippen LogP contribution in [0, 0.1) is 17.6 Å². The summed E-state index contributed by atoms with van der Waals surface area (Å²) in [5.74, 6) is -1.03. The highest BCUT2D eigenvalue weighted by Crippen LogP contribution is 2.42. The molecular formula is C16H23F2NO. The SMILES string of the molecule is CCOC1(C(N)c2ccc(F)c(F)c2)CCC(C)CC1. The molecule has 1 unspecified atom stereocenters. The van der Waals surface area contributed by atoms with E-state index < -0.39 is 23.3 Å². The summed E-state index contributed by atoms with van der Waals surface area (Å²) in [5.41, 5.74) is 6.49. The van der Waals surface area contributed by atoms with Crippen LogP contribution in [-0.2, 0) is 4.74 Å². The van der Waals surface area contributed by atoms with Crippen molar-refractivity contribution in [3.63, 3.8) is 0 Å². The van der Waals surface area contributed by atoms with Crippen LogP contribution in [0.2, 0.25) is 0 Å². The fourth-order valence-electron chi connectivity index (χ4n) is 3.09. The van der Waals surface area contributed by atoms with Crippen molar-refractivity contribution in [3.8, 4) is 0 Å². The van der Waals surface area contributed by atoms with E-state index in [9.17, 15) is 8.78 Å². The number of benzene rings is 1. The summed E-state index contributed by atoms with van der Waals surface area (Å²) in [6, 6.07) is 3.46. The molecule has 0 radical (unpaired) electrons. The molecule has 0 amide bonds. The molecule has 1 aliphatic carbocycles. The van der Waals surface area contributed by atoms with Gasteiger partial charge in [0.15, 0.2) is 11.6 Å². The zero-order valence-corrected chi connectivity index (χ0v) is 12.2. The van der Waals surface area contributed by atoms with Gasteiger partial charge in [-0.2, -0.15) is 0 Å². The maximum atomic E-state index is 13.4. The maximum Gasteiger partial charge on any atom is 0.159 e. The third kappa shape index (κ3) is 3.01. The van der Waals surface area contributed by atoms with Crippen LogP contribution in [-0.4, -0.2) is 12.2 Å². The lowest BCUT2D eigenvalue weighted by Gasteiger charge is -2.43. The Bertz CT molecular complexity index is 456. The Morgan fingerprint density at radius 2 is 1.95 bits per heavy atom. The summed E-state index contributed by atoms with van der Waals surface area (Å²) in [6.45, 7) is 4.74. The van der Waals surface area contributed by atoms with Crippen molar-refractivity contribution >= 4 is 0 Å². The Labute approximate surface area is 119 Å². The van der Waals surface area contributed by atoms with Crippen LogP contribution in [0.1, 0.15) is 51.1 Å². The van der Waals surface area contributed by atoms with E-state index in [-0.39, 0.29) is 0 Å². The molecule has 2 rings (SSSR count). The monoisotopic (exact) mass is 283 g/mol. The van der Waals surface area contributed by atoms with E-state index in [1.165, 1.54) is 6.07 Å². The van der Waals surface area contributed by atoms with Crippen LogP contribution in [0.25, 0.3) is 0 Å². The number of ether oxygens (including phenoxy) is 1. The van der Waals surface area contributed by atoms with Crippen molar-refractivity contribution in [2.45, 2.75) is 51.2 Å². The van der Waals surface area contributed by atoms with E-state index in [1.807, 2.05) is 6.92 Å². The molecule has 1 fully saturated rings. The molecule has 1 saturated carbocycles. The number of halogens is 2. The highest BCUT2D eigenvalue weighted by molar-refractivity contribution is 5.24. The molecule has 1 aromatic rings. The fourth-order valence-corrected chi connectivity index (χ4v) is 3.09. The summed E-state index contributed by atoms with van der Waals surface area (Å²) in [5, 5.41) is 0. The first-order valence-corrected chi connectivity index (χ1v) is 7.33. The van der Waals surface area contributed by atoms with Gasteiger partial charge in [-0.05, 0) is 56.2 Å². The molecule has 112 valence electrons. The van der Waals surface area contributed by atoms with Crippen molar-refractivity contribution in [1.82, 2.24) is 0 Å². The molecule has 0 saturated heterocycles. The molecule has 0 heterocycles. The van der Waals surface area contributed by atoms with Gasteiger partial charge in [0.25, 0.3) is 0 Å². The van der Waals surface area contributed by atoms with E-state index in [1.54, 1.807) is 6.07 Å². The first-order valence-electron chi connectivity index (χ1n) is 7.33. The van der Waals surface area contributed by atoms with Gasteiger partial charge in [0, 0.05) is 6.61 Å². The average molecular weight is 283 g/mol. The molecule has 0 bridgehead atoms. The fraction of sp³-hybridized carbons (Fsp3) is 0.625. The van der Waals surface area contributed by atoms with Gasteiger partial charge in [-0.15, -0.1) is 0 Å². The van der Waals surface area contributed by atoms with Crippen LogP contribution in [0.15, 0.2) is 18.2 Å².